The van der Waals surface area contributed by atoms with Crippen molar-refractivity contribution in [2.45, 2.75) is 32.0 Å². The molecule has 0 unspecified atom stereocenters. The molecule has 0 saturated carbocycles. The van der Waals surface area contributed by atoms with Crippen molar-refractivity contribution in [1.82, 2.24) is 24.6 Å². The number of nitrogens with zero attached hydrogens (tertiary/aromatic N) is 6. The van der Waals surface area contributed by atoms with Crippen LogP contribution in [0, 0.1) is 5.95 Å². The SMILES string of the molecule is NC(=O)c1cccc2c(F)n(CCCCC(=O)N3CCN(c4ncc(C(F)(F)F)cn4)CC3)nc12. The molecule has 0 radical (unpaired) electrons. The van der Waals surface area contributed by atoms with Gasteiger partial charge in [0.1, 0.15) is 5.52 Å². The number of unbranched alkanes of at least 4 members (excludes halogenated alkanes) is 1. The fourth-order valence-electron chi connectivity index (χ4n) is 3.95. The predicted octanol–water partition coefficient (Wildman–Crippen LogP) is 2.60. The Morgan fingerprint density at radius 1 is 1.03 bits per heavy atom. The third-order valence-electron chi connectivity index (χ3n) is 5.86. The van der Waals surface area contributed by atoms with Crippen LogP contribution >= 0.6 is 0 Å². The number of fused-ring (bicyclic) bond motifs is 1. The summed E-state index contributed by atoms with van der Waals surface area (Å²) < 4.78 is 53.8. The molecule has 1 fully saturated rings. The number of primary amides is 1. The number of benzene rings is 1. The van der Waals surface area contributed by atoms with E-state index in [1.807, 2.05) is 0 Å². The molecule has 1 aliphatic heterocycles. The van der Waals surface area contributed by atoms with Crippen LogP contribution in [-0.2, 0) is 17.5 Å². The molecule has 9 nitrogen and oxygen atoms in total. The molecule has 186 valence electrons. The highest BCUT2D eigenvalue weighted by atomic mass is 19.4. The van der Waals surface area contributed by atoms with Crippen LogP contribution in [0.2, 0.25) is 0 Å². The van der Waals surface area contributed by atoms with E-state index in [2.05, 4.69) is 15.1 Å². The molecular weight excluding hydrogens is 470 g/mol. The van der Waals surface area contributed by atoms with E-state index in [0.29, 0.717) is 39.0 Å². The van der Waals surface area contributed by atoms with Gasteiger partial charge in [0.25, 0.3) is 5.91 Å². The number of carbonyl (C=O) groups is 2. The maximum absolute atomic E-state index is 14.6. The van der Waals surface area contributed by atoms with Gasteiger partial charge < -0.3 is 15.5 Å². The molecule has 0 aliphatic carbocycles. The Labute approximate surface area is 197 Å². The van der Waals surface area contributed by atoms with E-state index >= 15 is 0 Å². The summed E-state index contributed by atoms with van der Waals surface area (Å²) in [6, 6.07) is 4.56. The van der Waals surface area contributed by atoms with Gasteiger partial charge in [-0.15, -0.1) is 0 Å². The van der Waals surface area contributed by atoms with Crippen LogP contribution in [0.25, 0.3) is 10.9 Å². The van der Waals surface area contributed by atoms with Crippen molar-refractivity contribution in [1.29, 1.82) is 0 Å². The number of aryl methyl sites for hydroxylation is 1. The van der Waals surface area contributed by atoms with E-state index in [-0.39, 0.29) is 41.3 Å². The number of rotatable bonds is 7. The van der Waals surface area contributed by atoms with Crippen molar-refractivity contribution in [3.05, 3.63) is 47.7 Å². The molecular formula is C22H23F4N7O2. The number of halogens is 4. The summed E-state index contributed by atoms with van der Waals surface area (Å²) in [5, 5.41) is 4.38. The Morgan fingerprint density at radius 2 is 1.71 bits per heavy atom. The van der Waals surface area contributed by atoms with E-state index in [1.165, 1.54) is 16.8 Å². The van der Waals surface area contributed by atoms with Crippen molar-refractivity contribution in [3.63, 3.8) is 0 Å². The van der Waals surface area contributed by atoms with Gasteiger partial charge in [0.2, 0.25) is 17.8 Å². The first kappa shape index (κ1) is 24.4. The Kier molecular flexibility index (Phi) is 6.85. The molecule has 2 amide bonds. The average molecular weight is 493 g/mol. The van der Waals surface area contributed by atoms with E-state index in [0.717, 1.165) is 12.4 Å². The highest BCUT2D eigenvalue weighted by molar-refractivity contribution is 6.04. The topological polar surface area (TPSA) is 110 Å². The average Bonchev–Trinajstić information content (AvgIpc) is 3.16. The smallest absolute Gasteiger partial charge is 0.366 e. The van der Waals surface area contributed by atoms with Crippen LogP contribution in [0.3, 0.4) is 0 Å². The number of aromatic nitrogens is 4. The molecule has 1 aromatic carbocycles. The second-order valence-electron chi connectivity index (χ2n) is 8.17. The minimum Gasteiger partial charge on any atom is -0.366 e. The largest absolute Gasteiger partial charge is 0.419 e. The zero-order valence-electron chi connectivity index (χ0n) is 18.6. The fraction of sp³-hybridized carbons (Fsp3) is 0.409. The zero-order valence-corrected chi connectivity index (χ0v) is 18.6. The van der Waals surface area contributed by atoms with Crippen molar-refractivity contribution < 1.29 is 27.2 Å². The van der Waals surface area contributed by atoms with Gasteiger partial charge in [-0.2, -0.15) is 22.7 Å². The summed E-state index contributed by atoms with van der Waals surface area (Å²) in [5.74, 6) is -1.11. The molecule has 0 bridgehead atoms. The van der Waals surface area contributed by atoms with E-state index in [9.17, 15) is 27.2 Å². The molecule has 3 heterocycles. The van der Waals surface area contributed by atoms with Crippen LogP contribution in [-0.4, -0.2) is 62.6 Å². The monoisotopic (exact) mass is 493 g/mol. The van der Waals surface area contributed by atoms with Crippen LogP contribution in [0.5, 0.6) is 0 Å². The maximum Gasteiger partial charge on any atom is 0.419 e. The summed E-state index contributed by atoms with van der Waals surface area (Å²) in [6.07, 6.45) is -1.71. The number of amides is 2. The van der Waals surface area contributed by atoms with E-state index in [4.69, 9.17) is 5.73 Å². The van der Waals surface area contributed by atoms with Crippen LogP contribution in [0.4, 0.5) is 23.5 Å². The van der Waals surface area contributed by atoms with Crippen molar-refractivity contribution in [3.8, 4) is 0 Å². The molecule has 3 aromatic rings. The van der Waals surface area contributed by atoms with E-state index < -0.39 is 23.6 Å². The quantitative estimate of drug-likeness (QED) is 0.400. The predicted molar refractivity (Wildman–Crippen MR) is 118 cm³/mol. The highest BCUT2D eigenvalue weighted by Crippen LogP contribution is 2.28. The fourth-order valence-corrected chi connectivity index (χ4v) is 3.95. The van der Waals surface area contributed by atoms with Gasteiger partial charge >= 0.3 is 6.18 Å². The zero-order chi connectivity index (χ0) is 25.2. The Bertz CT molecular complexity index is 1220. The van der Waals surface area contributed by atoms with Gasteiger partial charge in [-0.3, -0.25) is 9.59 Å². The standard InChI is InChI=1S/C22H23F4N7O2/c23-19-15-4-3-5-16(20(27)35)18(15)30-33(19)7-2-1-6-17(34)31-8-10-32(11-9-31)21-28-12-14(13-29-21)22(24,25)26/h3-5,12-13H,1-2,6-11H2,(H2,27,35). The highest BCUT2D eigenvalue weighted by Gasteiger charge is 2.32. The molecule has 4 rings (SSSR count). The molecule has 1 aliphatic rings. The maximum atomic E-state index is 14.6. The summed E-state index contributed by atoms with van der Waals surface area (Å²) >= 11 is 0. The van der Waals surface area contributed by atoms with Crippen molar-refractivity contribution >= 4 is 28.7 Å². The number of hydrogen-bond donors (Lipinski definition) is 1. The molecule has 0 spiro atoms. The number of carbonyl (C=O) groups excluding carboxylic acids is 2. The van der Waals surface area contributed by atoms with Gasteiger partial charge in [0.15, 0.2) is 0 Å². The molecule has 2 aromatic heterocycles. The Morgan fingerprint density at radius 3 is 2.34 bits per heavy atom. The van der Waals surface area contributed by atoms with Crippen LogP contribution < -0.4 is 10.6 Å². The molecule has 13 heteroatoms. The van der Waals surface area contributed by atoms with Gasteiger partial charge in [0, 0.05) is 51.5 Å². The second kappa shape index (κ2) is 9.84. The summed E-state index contributed by atoms with van der Waals surface area (Å²) in [7, 11) is 0. The van der Waals surface area contributed by atoms with Crippen molar-refractivity contribution in [2.75, 3.05) is 31.1 Å². The molecule has 2 N–H and O–H groups in total. The van der Waals surface area contributed by atoms with E-state index in [1.54, 1.807) is 15.9 Å². The number of piperazine rings is 1. The molecule has 35 heavy (non-hydrogen) atoms. The summed E-state index contributed by atoms with van der Waals surface area (Å²) in [6.45, 7) is 1.86. The lowest BCUT2D eigenvalue weighted by Gasteiger charge is -2.34. The van der Waals surface area contributed by atoms with Crippen molar-refractivity contribution in [2.24, 2.45) is 5.73 Å². The van der Waals surface area contributed by atoms with Crippen LogP contribution in [0.15, 0.2) is 30.6 Å². The lowest BCUT2D eigenvalue weighted by atomic mass is 10.1. The second-order valence-corrected chi connectivity index (χ2v) is 8.17. The minimum absolute atomic E-state index is 0.0555. The first-order valence-electron chi connectivity index (χ1n) is 11.0. The molecule has 1 saturated heterocycles. The number of nitrogens with two attached hydrogens (primary N) is 1. The minimum atomic E-state index is -4.49. The summed E-state index contributed by atoms with van der Waals surface area (Å²) in [4.78, 5) is 35.1. The molecule has 0 atom stereocenters. The first-order chi connectivity index (χ1) is 16.6. The Hall–Kier alpha value is -3.77. The van der Waals surface area contributed by atoms with Gasteiger partial charge in [-0.25, -0.2) is 14.6 Å². The third kappa shape index (κ3) is 5.33. The lowest BCUT2D eigenvalue weighted by Crippen LogP contribution is -2.49. The first-order valence-corrected chi connectivity index (χ1v) is 11.0. The van der Waals surface area contributed by atoms with Crippen LogP contribution in [0.1, 0.15) is 35.2 Å². The normalized spacial score (nSPS) is 14.5. The third-order valence-corrected chi connectivity index (χ3v) is 5.86. The number of alkyl halides is 3. The summed E-state index contributed by atoms with van der Waals surface area (Å²) in [5.41, 5.74) is 4.77. The number of anilines is 1. The van der Waals surface area contributed by atoms with Gasteiger partial charge in [-0.05, 0) is 25.0 Å². The number of hydrogen-bond acceptors (Lipinski definition) is 6. The van der Waals surface area contributed by atoms with Gasteiger partial charge in [-0.1, -0.05) is 6.07 Å². The Balaban J connectivity index is 1.24. The lowest BCUT2D eigenvalue weighted by molar-refractivity contribution is -0.138. The van der Waals surface area contributed by atoms with Gasteiger partial charge in [0.05, 0.1) is 16.5 Å².